The van der Waals surface area contributed by atoms with Gasteiger partial charge in [0.05, 0.1) is 17.4 Å². The van der Waals surface area contributed by atoms with Crippen molar-refractivity contribution in [3.05, 3.63) is 45.1 Å². The smallest absolute Gasteiger partial charge is 0.294 e. The van der Waals surface area contributed by atoms with Crippen LogP contribution in [0.1, 0.15) is 30.5 Å². The Labute approximate surface area is 154 Å². The van der Waals surface area contributed by atoms with E-state index >= 15 is 0 Å². The number of carbonyl (C=O) groups excluding carboxylic acids is 1. The van der Waals surface area contributed by atoms with Gasteiger partial charge in [-0.05, 0) is 38.4 Å². The second-order valence-corrected chi connectivity index (χ2v) is 6.66. The number of nitrogens with one attached hydrogen (secondary N) is 1. The first-order valence-corrected chi connectivity index (χ1v) is 8.56. The Kier molecular flexibility index (Phi) is 5.48. The first-order valence-electron chi connectivity index (χ1n) is 8.18. The molecule has 1 fully saturated rings. The molecule has 1 saturated heterocycles. The Balaban J connectivity index is 1.62. The number of piperidine rings is 1. The lowest BCUT2D eigenvalue weighted by Crippen LogP contribution is -2.39. The first kappa shape index (κ1) is 18.3. The average molecular weight is 380 g/mol. The summed E-state index contributed by atoms with van der Waals surface area (Å²) >= 11 is 5.78. The molecule has 1 aromatic heterocycles. The van der Waals surface area contributed by atoms with Crippen molar-refractivity contribution < 1.29 is 14.2 Å². The SMILES string of the molecule is Cc1noc([C@@H]2CCCN(CC(=O)Nc3ccc(Cl)cc3[N+](=O)[O-])C2)n1. The summed E-state index contributed by atoms with van der Waals surface area (Å²) in [5, 5.41) is 17.7. The van der Waals surface area contributed by atoms with Crippen LogP contribution in [0.2, 0.25) is 5.02 Å². The highest BCUT2D eigenvalue weighted by molar-refractivity contribution is 6.31. The zero-order valence-electron chi connectivity index (χ0n) is 14.1. The van der Waals surface area contributed by atoms with Gasteiger partial charge < -0.3 is 9.84 Å². The Morgan fingerprint density at radius 2 is 2.35 bits per heavy atom. The standard InChI is InChI=1S/C16H18ClN5O4/c1-10-18-16(26-20-10)11-3-2-6-21(8-11)9-15(23)19-13-5-4-12(17)7-14(13)22(24)25/h4-5,7,11H,2-3,6,8-9H2,1H3,(H,19,23)/t11-/m1/s1. The van der Waals surface area contributed by atoms with Crippen molar-refractivity contribution in [1.82, 2.24) is 15.0 Å². The van der Waals surface area contributed by atoms with Crippen LogP contribution in [0.25, 0.3) is 0 Å². The lowest BCUT2D eigenvalue weighted by Gasteiger charge is -2.30. The number of nitrogens with zero attached hydrogens (tertiary/aromatic N) is 4. The van der Waals surface area contributed by atoms with E-state index in [2.05, 4.69) is 15.5 Å². The van der Waals surface area contributed by atoms with Crippen LogP contribution in [0.5, 0.6) is 0 Å². The normalized spacial score (nSPS) is 17.8. The fourth-order valence-corrected chi connectivity index (χ4v) is 3.20. The van der Waals surface area contributed by atoms with Crippen LogP contribution in [-0.2, 0) is 4.79 Å². The average Bonchev–Trinajstić information content (AvgIpc) is 3.03. The van der Waals surface area contributed by atoms with Gasteiger partial charge in [0.1, 0.15) is 5.69 Å². The Bertz CT molecular complexity index is 825. The molecule has 1 N–H and O–H groups in total. The maximum absolute atomic E-state index is 12.3. The number of aryl methyl sites for hydroxylation is 1. The summed E-state index contributed by atoms with van der Waals surface area (Å²) in [4.78, 5) is 29.1. The monoisotopic (exact) mass is 379 g/mol. The van der Waals surface area contributed by atoms with Crippen molar-refractivity contribution >= 4 is 28.9 Å². The molecule has 3 rings (SSSR count). The summed E-state index contributed by atoms with van der Waals surface area (Å²) < 4.78 is 5.23. The molecule has 2 aromatic rings. The third kappa shape index (κ3) is 4.36. The molecule has 1 aromatic carbocycles. The van der Waals surface area contributed by atoms with E-state index in [4.69, 9.17) is 16.1 Å². The summed E-state index contributed by atoms with van der Waals surface area (Å²) in [5.74, 6) is 0.936. The Hall–Kier alpha value is -2.52. The molecular weight excluding hydrogens is 362 g/mol. The van der Waals surface area contributed by atoms with E-state index in [1.165, 1.54) is 18.2 Å². The van der Waals surface area contributed by atoms with E-state index in [1.807, 2.05) is 4.90 Å². The summed E-state index contributed by atoms with van der Waals surface area (Å²) in [6, 6.07) is 4.14. The van der Waals surface area contributed by atoms with Gasteiger partial charge in [0.25, 0.3) is 5.69 Å². The molecule has 2 heterocycles. The number of nitro benzene ring substituents is 1. The molecule has 26 heavy (non-hydrogen) atoms. The van der Waals surface area contributed by atoms with Crippen molar-refractivity contribution in [2.24, 2.45) is 0 Å². The molecule has 1 amide bonds. The number of benzene rings is 1. The fourth-order valence-electron chi connectivity index (χ4n) is 3.03. The van der Waals surface area contributed by atoms with Gasteiger partial charge in [-0.1, -0.05) is 16.8 Å². The Morgan fingerprint density at radius 3 is 3.04 bits per heavy atom. The largest absolute Gasteiger partial charge is 0.339 e. The van der Waals surface area contributed by atoms with Crippen LogP contribution >= 0.6 is 11.6 Å². The van der Waals surface area contributed by atoms with Crippen LogP contribution in [0, 0.1) is 17.0 Å². The van der Waals surface area contributed by atoms with Crippen molar-refractivity contribution in [2.75, 3.05) is 25.0 Å². The molecule has 0 spiro atoms. The number of hydrogen-bond acceptors (Lipinski definition) is 7. The molecule has 1 aliphatic rings. The molecule has 0 saturated carbocycles. The van der Waals surface area contributed by atoms with Gasteiger partial charge in [-0.25, -0.2) is 0 Å². The Morgan fingerprint density at radius 1 is 1.54 bits per heavy atom. The van der Waals surface area contributed by atoms with Gasteiger partial charge >= 0.3 is 0 Å². The number of likely N-dealkylation sites (tertiary alicyclic amines) is 1. The molecule has 0 bridgehead atoms. The van der Waals surface area contributed by atoms with Gasteiger partial charge in [-0.2, -0.15) is 4.98 Å². The lowest BCUT2D eigenvalue weighted by molar-refractivity contribution is -0.383. The minimum atomic E-state index is -0.573. The van der Waals surface area contributed by atoms with Gasteiger partial charge in [-0.3, -0.25) is 19.8 Å². The van der Waals surface area contributed by atoms with Crippen LogP contribution in [0.15, 0.2) is 22.7 Å². The van der Waals surface area contributed by atoms with Gasteiger partial charge in [0, 0.05) is 17.6 Å². The molecule has 0 aliphatic carbocycles. The molecular formula is C16H18ClN5O4. The molecule has 0 radical (unpaired) electrons. The van der Waals surface area contributed by atoms with Crippen molar-refractivity contribution in [2.45, 2.75) is 25.7 Å². The number of hydrogen-bond donors (Lipinski definition) is 1. The quantitative estimate of drug-likeness (QED) is 0.627. The number of nitro groups is 1. The van der Waals surface area contributed by atoms with Crippen molar-refractivity contribution in [3.63, 3.8) is 0 Å². The van der Waals surface area contributed by atoms with E-state index in [9.17, 15) is 14.9 Å². The second kappa shape index (κ2) is 7.79. The number of rotatable bonds is 5. The topological polar surface area (TPSA) is 114 Å². The zero-order valence-corrected chi connectivity index (χ0v) is 14.9. The minimum Gasteiger partial charge on any atom is -0.339 e. The number of aromatic nitrogens is 2. The highest BCUT2D eigenvalue weighted by Crippen LogP contribution is 2.28. The van der Waals surface area contributed by atoms with Crippen LogP contribution in [0.4, 0.5) is 11.4 Å². The fraction of sp³-hybridized carbons (Fsp3) is 0.438. The van der Waals surface area contributed by atoms with Crippen LogP contribution in [0.3, 0.4) is 0 Å². The molecule has 1 aliphatic heterocycles. The zero-order chi connectivity index (χ0) is 18.7. The van der Waals surface area contributed by atoms with E-state index in [-0.39, 0.29) is 34.8 Å². The van der Waals surface area contributed by atoms with Crippen LogP contribution < -0.4 is 5.32 Å². The highest BCUT2D eigenvalue weighted by atomic mass is 35.5. The van der Waals surface area contributed by atoms with Gasteiger partial charge in [-0.15, -0.1) is 0 Å². The third-order valence-corrected chi connectivity index (χ3v) is 4.43. The molecule has 0 unspecified atom stereocenters. The summed E-state index contributed by atoms with van der Waals surface area (Å²) in [6.45, 7) is 3.28. The number of anilines is 1. The van der Waals surface area contributed by atoms with Gasteiger partial charge in [0.15, 0.2) is 5.82 Å². The summed E-state index contributed by atoms with van der Waals surface area (Å²) in [6.07, 6.45) is 1.82. The predicted molar refractivity (Wildman–Crippen MR) is 94.2 cm³/mol. The van der Waals surface area contributed by atoms with Crippen LogP contribution in [-0.4, -0.2) is 45.5 Å². The molecule has 9 nitrogen and oxygen atoms in total. The summed E-state index contributed by atoms with van der Waals surface area (Å²) in [7, 11) is 0. The van der Waals surface area contributed by atoms with Gasteiger partial charge in [0.2, 0.25) is 11.8 Å². The lowest BCUT2D eigenvalue weighted by atomic mass is 9.98. The van der Waals surface area contributed by atoms with E-state index in [0.717, 1.165) is 19.4 Å². The minimum absolute atomic E-state index is 0.0858. The second-order valence-electron chi connectivity index (χ2n) is 6.22. The summed E-state index contributed by atoms with van der Waals surface area (Å²) in [5.41, 5.74) is -0.103. The highest BCUT2D eigenvalue weighted by Gasteiger charge is 2.27. The third-order valence-electron chi connectivity index (χ3n) is 4.20. The maximum atomic E-state index is 12.3. The van der Waals surface area contributed by atoms with Crippen molar-refractivity contribution in [1.29, 1.82) is 0 Å². The molecule has 138 valence electrons. The molecule has 1 atom stereocenters. The van der Waals surface area contributed by atoms with Crippen molar-refractivity contribution in [3.8, 4) is 0 Å². The number of carbonyl (C=O) groups is 1. The van der Waals surface area contributed by atoms with E-state index < -0.39 is 4.92 Å². The maximum Gasteiger partial charge on any atom is 0.294 e. The number of halogens is 1. The first-order chi connectivity index (χ1) is 12.4. The number of amides is 1. The predicted octanol–water partition coefficient (Wildman–Crippen LogP) is 2.76. The van der Waals surface area contributed by atoms with E-state index in [0.29, 0.717) is 18.3 Å². The molecule has 10 heteroatoms. The van der Waals surface area contributed by atoms with E-state index in [1.54, 1.807) is 6.92 Å².